The van der Waals surface area contributed by atoms with E-state index in [1.165, 1.54) is 5.56 Å². The first-order valence-corrected chi connectivity index (χ1v) is 8.03. The molecule has 24 heavy (non-hydrogen) atoms. The topological polar surface area (TPSA) is 53.9 Å². The number of likely N-dealkylation sites (N-methyl/N-ethyl adjacent to an activating group) is 1. The SMILES string of the molecule is CN(CCc1ccncc1)c1cc(Nc2cccc(Cl)c2)ncn1. The largest absolute Gasteiger partial charge is 0.359 e. The lowest BCUT2D eigenvalue weighted by Crippen LogP contribution is -2.21. The third kappa shape index (κ3) is 4.43. The van der Waals surface area contributed by atoms with Gasteiger partial charge in [0.2, 0.25) is 0 Å². The van der Waals surface area contributed by atoms with Crippen molar-refractivity contribution in [2.75, 3.05) is 23.8 Å². The Morgan fingerprint density at radius 3 is 2.71 bits per heavy atom. The van der Waals surface area contributed by atoms with Crippen LogP contribution in [0.4, 0.5) is 17.3 Å². The minimum absolute atomic E-state index is 0.684. The average molecular weight is 340 g/mol. The summed E-state index contributed by atoms with van der Waals surface area (Å²) < 4.78 is 0. The molecule has 0 atom stereocenters. The molecule has 5 nitrogen and oxygen atoms in total. The average Bonchev–Trinajstić information content (AvgIpc) is 2.61. The van der Waals surface area contributed by atoms with Crippen LogP contribution in [0.3, 0.4) is 0 Å². The van der Waals surface area contributed by atoms with Gasteiger partial charge in [-0.05, 0) is 42.3 Å². The monoisotopic (exact) mass is 339 g/mol. The van der Waals surface area contributed by atoms with Gasteiger partial charge in [-0.15, -0.1) is 0 Å². The van der Waals surface area contributed by atoms with Crippen molar-refractivity contribution in [3.8, 4) is 0 Å². The zero-order valence-corrected chi connectivity index (χ0v) is 14.1. The Morgan fingerprint density at radius 2 is 1.92 bits per heavy atom. The lowest BCUT2D eigenvalue weighted by molar-refractivity contribution is 0.855. The van der Waals surface area contributed by atoms with Gasteiger partial charge < -0.3 is 10.2 Å². The molecule has 122 valence electrons. The van der Waals surface area contributed by atoms with Crippen LogP contribution >= 0.6 is 11.6 Å². The van der Waals surface area contributed by atoms with E-state index in [2.05, 4.69) is 25.2 Å². The number of benzene rings is 1. The molecule has 3 rings (SSSR count). The van der Waals surface area contributed by atoms with Crippen molar-refractivity contribution in [2.45, 2.75) is 6.42 Å². The third-order valence-corrected chi connectivity index (χ3v) is 3.86. The van der Waals surface area contributed by atoms with Crippen LogP contribution in [-0.4, -0.2) is 28.5 Å². The number of pyridine rings is 1. The number of nitrogens with zero attached hydrogens (tertiary/aromatic N) is 4. The summed E-state index contributed by atoms with van der Waals surface area (Å²) >= 11 is 6.01. The first kappa shape index (κ1) is 16.2. The fraction of sp³-hybridized carbons (Fsp3) is 0.167. The van der Waals surface area contributed by atoms with Gasteiger partial charge in [0.05, 0.1) is 0 Å². The number of rotatable bonds is 6. The zero-order chi connectivity index (χ0) is 16.8. The predicted molar refractivity (Wildman–Crippen MR) is 98.0 cm³/mol. The number of hydrogen-bond donors (Lipinski definition) is 1. The second-order valence-corrected chi connectivity index (χ2v) is 5.86. The van der Waals surface area contributed by atoms with Gasteiger partial charge in [0.15, 0.2) is 0 Å². The maximum atomic E-state index is 6.01. The number of anilines is 3. The maximum absolute atomic E-state index is 6.01. The van der Waals surface area contributed by atoms with Crippen LogP contribution in [0.1, 0.15) is 5.56 Å². The van der Waals surface area contributed by atoms with Crippen molar-refractivity contribution in [1.29, 1.82) is 0 Å². The van der Waals surface area contributed by atoms with E-state index in [0.717, 1.165) is 30.3 Å². The van der Waals surface area contributed by atoms with E-state index in [0.29, 0.717) is 5.02 Å². The third-order valence-electron chi connectivity index (χ3n) is 3.63. The molecule has 2 aromatic heterocycles. The highest BCUT2D eigenvalue weighted by molar-refractivity contribution is 6.30. The van der Waals surface area contributed by atoms with E-state index in [1.54, 1.807) is 6.33 Å². The number of halogens is 1. The Labute approximate surface area is 146 Å². The summed E-state index contributed by atoms with van der Waals surface area (Å²) in [5.74, 6) is 1.60. The number of nitrogens with one attached hydrogen (secondary N) is 1. The molecule has 0 spiro atoms. The number of hydrogen-bond acceptors (Lipinski definition) is 5. The van der Waals surface area contributed by atoms with E-state index in [9.17, 15) is 0 Å². The molecule has 0 saturated carbocycles. The Morgan fingerprint density at radius 1 is 1.08 bits per heavy atom. The zero-order valence-electron chi connectivity index (χ0n) is 13.4. The second-order valence-electron chi connectivity index (χ2n) is 5.42. The molecule has 0 fully saturated rings. The fourth-order valence-electron chi connectivity index (χ4n) is 2.30. The molecule has 1 N–H and O–H groups in total. The van der Waals surface area contributed by atoms with Gasteiger partial charge in [-0.2, -0.15) is 0 Å². The normalized spacial score (nSPS) is 10.4. The smallest absolute Gasteiger partial charge is 0.135 e. The van der Waals surface area contributed by atoms with Crippen LogP contribution in [0.15, 0.2) is 61.2 Å². The summed E-state index contributed by atoms with van der Waals surface area (Å²) in [5, 5.41) is 3.93. The Bertz CT molecular complexity index is 794. The highest BCUT2D eigenvalue weighted by Crippen LogP contribution is 2.20. The maximum Gasteiger partial charge on any atom is 0.135 e. The minimum atomic E-state index is 0.684. The lowest BCUT2D eigenvalue weighted by Gasteiger charge is -2.18. The molecule has 1 aromatic carbocycles. The molecule has 0 aliphatic rings. The van der Waals surface area contributed by atoms with Gasteiger partial charge >= 0.3 is 0 Å². The van der Waals surface area contributed by atoms with Crippen LogP contribution < -0.4 is 10.2 Å². The molecular weight excluding hydrogens is 322 g/mol. The van der Waals surface area contributed by atoms with Gasteiger partial charge in [-0.3, -0.25) is 4.98 Å². The molecule has 0 aliphatic carbocycles. The van der Waals surface area contributed by atoms with Crippen molar-refractivity contribution in [1.82, 2.24) is 15.0 Å². The van der Waals surface area contributed by atoms with E-state index in [-0.39, 0.29) is 0 Å². The highest BCUT2D eigenvalue weighted by atomic mass is 35.5. The quantitative estimate of drug-likeness (QED) is 0.737. The summed E-state index contributed by atoms with van der Waals surface area (Å²) in [7, 11) is 2.02. The molecule has 0 saturated heterocycles. The minimum Gasteiger partial charge on any atom is -0.359 e. The van der Waals surface area contributed by atoms with Crippen LogP contribution in [0.25, 0.3) is 0 Å². The Hall–Kier alpha value is -2.66. The van der Waals surface area contributed by atoms with Gasteiger partial charge in [-0.25, -0.2) is 9.97 Å². The number of aromatic nitrogens is 3. The van der Waals surface area contributed by atoms with Gasteiger partial charge in [0.1, 0.15) is 18.0 Å². The molecule has 0 unspecified atom stereocenters. The summed E-state index contributed by atoms with van der Waals surface area (Å²) in [6.45, 7) is 0.859. The fourth-order valence-corrected chi connectivity index (χ4v) is 2.49. The van der Waals surface area contributed by atoms with E-state index < -0.39 is 0 Å². The summed E-state index contributed by atoms with van der Waals surface area (Å²) in [6.07, 6.45) is 6.12. The summed E-state index contributed by atoms with van der Waals surface area (Å²) in [6, 6.07) is 13.5. The molecule has 6 heteroatoms. The molecule has 2 heterocycles. The first-order valence-electron chi connectivity index (χ1n) is 7.65. The van der Waals surface area contributed by atoms with Crippen molar-refractivity contribution >= 4 is 28.9 Å². The van der Waals surface area contributed by atoms with E-state index >= 15 is 0 Å². The second kappa shape index (κ2) is 7.75. The van der Waals surface area contributed by atoms with Crippen LogP contribution in [0.2, 0.25) is 5.02 Å². The lowest BCUT2D eigenvalue weighted by atomic mass is 10.2. The highest BCUT2D eigenvalue weighted by Gasteiger charge is 2.05. The van der Waals surface area contributed by atoms with Crippen molar-refractivity contribution in [2.24, 2.45) is 0 Å². The van der Waals surface area contributed by atoms with Gasteiger partial charge in [0, 0.05) is 42.8 Å². The molecule has 3 aromatic rings. The standard InChI is InChI=1S/C18H18ClN5/c1-24(10-7-14-5-8-20-9-6-14)18-12-17(21-13-22-18)23-16-4-2-3-15(19)11-16/h2-6,8-9,11-13H,7,10H2,1H3,(H,21,22,23). The van der Waals surface area contributed by atoms with Gasteiger partial charge in [-0.1, -0.05) is 17.7 Å². The predicted octanol–water partition coefficient (Wildman–Crippen LogP) is 3.95. The van der Waals surface area contributed by atoms with Crippen molar-refractivity contribution < 1.29 is 0 Å². The van der Waals surface area contributed by atoms with Crippen molar-refractivity contribution in [3.63, 3.8) is 0 Å². The van der Waals surface area contributed by atoms with E-state index in [4.69, 9.17) is 11.6 Å². The Balaban J connectivity index is 1.66. The first-order chi connectivity index (χ1) is 11.7. The van der Waals surface area contributed by atoms with Gasteiger partial charge in [0.25, 0.3) is 0 Å². The Kier molecular flexibility index (Phi) is 5.23. The summed E-state index contributed by atoms with van der Waals surface area (Å²) in [4.78, 5) is 14.8. The van der Waals surface area contributed by atoms with E-state index in [1.807, 2.05) is 61.9 Å². The molecular formula is C18H18ClN5. The van der Waals surface area contributed by atoms with Crippen LogP contribution in [0, 0.1) is 0 Å². The van der Waals surface area contributed by atoms with Crippen molar-refractivity contribution in [3.05, 3.63) is 71.8 Å². The molecule has 0 bridgehead atoms. The summed E-state index contributed by atoms with van der Waals surface area (Å²) in [5.41, 5.74) is 2.15. The molecule has 0 aliphatic heterocycles. The molecule has 0 amide bonds. The van der Waals surface area contributed by atoms with Crippen LogP contribution in [0.5, 0.6) is 0 Å². The van der Waals surface area contributed by atoms with Crippen LogP contribution in [-0.2, 0) is 6.42 Å². The molecule has 0 radical (unpaired) electrons.